The van der Waals surface area contributed by atoms with Gasteiger partial charge in [0.05, 0.1) is 47.3 Å². The minimum Gasteiger partial charge on any atom is -0.497 e. The summed E-state index contributed by atoms with van der Waals surface area (Å²) in [5, 5.41) is 10.3. The molecular weight excluding hydrogens is 618 g/mol. The van der Waals surface area contributed by atoms with Crippen LogP contribution in [0.5, 0.6) is 11.5 Å². The Morgan fingerprint density at radius 2 is 1.70 bits per heavy atom. The molecule has 0 saturated carbocycles. The number of carbonyl (C=O) groups is 1. The SMILES string of the molecule is COc1ccc(S(=O)(=O)Nc2cccc3c2O[C@@H](CN(C)S(=O)(=O)c2ccc(Cl)cc2)[C@H](C)CN([C@H](C)CO)C3=O)cc1. The first kappa shape index (κ1) is 32.6. The monoisotopic (exact) mass is 651 g/mol. The normalized spacial score (nSPS) is 18.3. The van der Waals surface area contributed by atoms with Crippen LogP contribution in [0.4, 0.5) is 5.69 Å². The highest BCUT2D eigenvalue weighted by atomic mass is 35.5. The van der Waals surface area contributed by atoms with Crippen LogP contribution in [0.25, 0.3) is 0 Å². The Morgan fingerprint density at radius 1 is 1.07 bits per heavy atom. The number of aliphatic hydroxyl groups excluding tert-OH is 1. The molecule has 0 radical (unpaired) electrons. The summed E-state index contributed by atoms with van der Waals surface area (Å²) in [5.41, 5.74) is 0.0657. The van der Waals surface area contributed by atoms with E-state index in [0.29, 0.717) is 10.8 Å². The molecule has 3 aromatic carbocycles. The van der Waals surface area contributed by atoms with Crippen molar-refractivity contribution < 1.29 is 36.2 Å². The van der Waals surface area contributed by atoms with Gasteiger partial charge in [0.1, 0.15) is 11.9 Å². The minimum absolute atomic E-state index is 0.000538. The fourth-order valence-corrected chi connectivity index (χ4v) is 7.01. The number of nitrogens with zero attached hydrogens (tertiary/aromatic N) is 2. The molecule has 4 rings (SSSR count). The molecule has 0 unspecified atom stereocenters. The Kier molecular flexibility index (Phi) is 9.92. The van der Waals surface area contributed by atoms with E-state index in [1.807, 2.05) is 0 Å². The van der Waals surface area contributed by atoms with E-state index in [1.165, 1.54) is 85.8 Å². The van der Waals surface area contributed by atoms with Crippen molar-refractivity contribution in [2.24, 2.45) is 5.92 Å². The molecule has 1 aliphatic rings. The lowest BCUT2D eigenvalue weighted by Crippen LogP contribution is -2.50. The van der Waals surface area contributed by atoms with Crippen LogP contribution in [-0.2, 0) is 20.0 Å². The summed E-state index contributed by atoms with van der Waals surface area (Å²) in [6, 6.07) is 15.5. The number of aliphatic hydroxyl groups is 1. The van der Waals surface area contributed by atoms with E-state index in [-0.39, 0.29) is 46.5 Å². The van der Waals surface area contributed by atoms with E-state index >= 15 is 0 Å². The Morgan fingerprint density at radius 3 is 2.30 bits per heavy atom. The van der Waals surface area contributed by atoms with E-state index < -0.39 is 44.0 Å². The van der Waals surface area contributed by atoms with Gasteiger partial charge in [-0.3, -0.25) is 9.52 Å². The second kappa shape index (κ2) is 13.1. The minimum atomic E-state index is -4.13. The van der Waals surface area contributed by atoms with E-state index in [1.54, 1.807) is 13.8 Å². The number of carbonyl (C=O) groups excluding carboxylic acids is 1. The molecular formula is C29H34ClN3O8S2. The van der Waals surface area contributed by atoms with E-state index in [0.717, 1.165) is 4.31 Å². The summed E-state index contributed by atoms with van der Waals surface area (Å²) in [7, 11) is -5.20. The summed E-state index contributed by atoms with van der Waals surface area (Å²) in [6.45, 7) is 3.21. The Labute approximate surface area is 257 Å². The number of benzene rings is 3. The number of hydrogen-bond acceptors (Lipinski definition) is 8. The zero-order valence-corrected chi connectivity index (χ0v) is 26.5. The van der Waals surface area contributed by atoms with Crippen LogP contribution in [0.2, 0.25) is 5.02 Å². The van der Waals surface area contributed by atoms with E-state index in [2.05, 4.69) is 4.72 Å². The van der Waals surface area contributed by atoms with Gasteiger partial charge in [-0.15, -0.1) is 0 Å². The summed E-state index contributed by atoms with van der Waals surface area (Å²) in [5.74, 6) is -0.464. The van der Waals surface area contributed by atoms with Crippen molar-refractivity contribution in [1.29, 1.82) is 0 Å². The molecule has 1 aliphatic heterocycles. The maximum Gasteiger partial charge on any atom is 0.262 e. The number of halogens is 1. The number of anilines is 1. The molecule has 0 fully saturated rings. The molecule has 3 atom stereocenters. The smallest absolute Gasteiger partial charge is 0.262 e. The summed E-state index contributed by atoms with van der Waals surface area (Å²) >= 11 is 5.94. The van der Waals surface area contributed by atoms with Gasteiger partial charge in [0.2, 0.25) is 10.0 Å². The number of methoxy groups -OCH3 is 1. The highest BCUT2D eigenvalue weighted by Crippen LogP contribution is 2.36. The van der Waals surface area contributed by atoms with Crippen molar-refractivity contribution in [1.82, 2.24) is 9.21 Å². The van der Waals surface area contributed by atoms with Crippen molar-refractivity contribution in [2.45, 2.75) is 35.8 Å². The second-order valence-corrected chi connectivity index (χ2v) is 14.5. The van der Waals surface area contributed by atoms with Gasteiger partial charge in [0.25, 0.3) is 15.9 Å². The molecule has 0 saturated heterocycles. The van der Waals surface area contributed by atoms with Crippen LogP contribution in [-0.4, -0.2) is 83.1 Å². The molecule has 1 heterocycles. The van der Waals surface area contributed by atoms with Crippen LogP contribution in [0.3, 0.4) is 0 Å². The van der Waals surface area contributed by atoms with Crippen molar-refractivity contribution in [3.63, 3.8) is 0 Å². The van der Waals surface area contributed by atoms with Crippen LogP contribution in [0, 0.1) is 5.92 Å². The van der Waals surface area contributed by atoms with Crippen LogP contribution in [0.1, 0.15) is 24.2 Å². The third-order valence-corrected chi connectivity index (χ3v) is 10.7. The summed E-state index contributed by atoms with van der Waals surface area (Å²) in [6.07, 6.45) is -0.820. The molecule has 43 heavy (non-hydrogen) atoms. The third kappa shape index (κ3) is 7.07. The number of fused-ring (bicyclic) bond motifs is 1. The lowest BCUT2D eigenvalue weighted by molar-refractivity contribution is 0.0389. The Hall–Kier alpha value is -3.36. The molecule has 2 N–H and O–H groups in total. The van der Waals surface area contributed by atoms with Gasteiger partial charge in [-0.25, -0.2) is 16.8 Å². The number of para-hydroxylation sites is 1. The number of amides is 1. The van der Waals surface area contributed by atoms with Crippen LogP contribution in [0.15, 0.2) is 76.5 Å². The summed E-state index contributed by atoms with van der Waals surface area (Å²) < 4.78 is 68.6. The number of likely N-dealkylation sites (N-methyl/N-ethyl adjacent to an activating group) is 1. The van der Waals surface area contributed by atoms with E-state index in [4.69, 9.17) is 21.1 Å². The van der Waals surface area contributed by atoms with Crippen LogP contribution >= 0.6 is 11.6 Å². The molecule has 232 valence electrons. The molecule has 14 heteroatoms. The van der Waals surface area contributed by atoms with Crippen molar-refractivity contribution in [3.05, 3.63) is 77.3 Å². The van der Waals surface area contributed by atoms with Gasteiger partial charge >= 0.3 is 0 Å². The number of rotatable bonds is 10. The van der Waals surface area contributed by atoms with Crippen molar-refractivity contribution in [2.75, 3.05) is 38.6 Å². The zero-order chi connectivity index (χ0) is 31.5. The molecule has 0 spiro atoms. The predicted octanol–water partition coefficient (Wildman–Crippen LogP) is 3.69. The van der Waals surface area contributed by atoms with Gasteiger partial charge in [0, 0.05) is 24.5 Å². The van der Waals surface area contributed by atoms with Gasteiger partial charge in [-0.05, 0) is 67.6 Å². The highest BCUT2D eigenvalue weighted by molar-refractivity contribution is 7.92. The fourth-order valence-electron chi connectivity index (χ4n) is 4.64. The first-order valence-corrected chi connectivity index (χ1v) is 16.7. The Bertz CT molecular complexity index is 1670. The maximum absolute atomic E-state index is 13.7. The predicted molar refractivity (Wildman–Crippen MR) is 163 cm³/mol. The van der Waals surface area contributed by atoms with Gasteiger partial charge in [-0.1, -0.05) is 24.6 Å². The molecule has 3 aromatic rings. The largest absolute Gasteiger partial charge is 0.497 e. The van der Waals surface area contributed by atoms with Gasteiger partial charge < -0.3 is 19.5 Å². The lowest BCUT2D eigenvalue weighted by Gasteiger charge is -2.38. The zero-order valence-electron chi connectivity index (χ0n) is 24.1. The van der Waals surface area contributed by atoms with Crippen molar-refractivity contribution >= 4 is 43.2 Å². The lowest BCUT2D eigenvalue weighted by atomic mass is 9.99. The maximum atomic E-state index is 13.7. The number of ether oxygens (including phenoxy) is 2. The first-order valence-electron chi connectivity index (χ1n) is 13.4. The summed E-state index contributed by atoms with van der Waals surface area (Å²) in [4.78, 5) is 15.2. The third-order valence-electron chi connectivity index (χ3n) is 7.26. The molecule has 1 amide bonds. The van der Waals surface area contributed by atoms with Crippen molar-refractivity contribution in [3.8, 4) is 11.5 Å². The van der Waals surface area contributed by atoms with Crippen LogP contribution < -0.4 is 14.2 Å². The quantitative estimate of drug-likeness (QED) is 0.338. The standard InChI is InChI=1S/C29H34ClN3O8S2/c1-19-16-33(20(2)18-34)29(35)25-6-5-7-26(31-42(36,37)23-14-10-22(40-4)11-15-23)28(25)41-27(19)17-32(3)43(38,39)24-12-8-21(30)9-13-24/h5-15,19-20,27,31,34H,16-18H2,1-4H3/t19-,20-,27+/m1/s1. The molecule has 0 aliphatic carbocycles. The average Bonchev–Trinajstić information content (AvgIpc) is 2.98. The molecule has 0 bridgehead atoms. The number of nitrogens with one attached hydrogen (secondary N) is 1. The van der Waals surface area contributed by atoms with Gasteiger partial charge in [-0.2, -0.15) is 4.31 Å². The van der Waals surface area contributed by atoms with E-state index in [9.17, 15) is 26.7 Å². The first-order chi connectivity index (χ1) is 20.3. The van der Waals surface area contributed by atoms with Gasteiger partial charge in [0.15, 0.2) is 5.75 Å². The molecule has 11 nitrogen and oxygen atoms in total. The number of hydrogen-bond donors (Lipinski definition) is 2. The highest BCUT2D eigenvalue weighted by Gasteiger charge is 2.36. The second-order valence-electron chi connectivity index (χ2n) is 10.3. The average molecular weight is 652 g/mol. The molecule has 0 aromatic heterocycles. The Balaban J connectivity index is 1.75. The number of sulfonamides is 2. The fraction of sp³-hybridized carbons (Fsp3) is 0.345. The topological polar surface area (TPSA) is 143 Å².